The van der Waals surface area contributed by atoms with Crippen LogP contribution >= 0.6 is 15.9 Å². The van der Waals surface area contributed by atoms with Gasteiger partial charge < -0.3 is 5.73 Å². The van der Waals surface area contributed by atoms with Crippen molar-refractivity contribution in [2.45, 2.75) is 18.6 Å². The van der Waals surface area contributed by atoms with E-state index in [1.807, 2.05) is 0 Å². The monoisotopic (exact) mass is 361 g/mol. The van der Waals surface area contributed by atoms with Crippen molar-refractivity contribution in [2.75, 3.05) is 0 Å². The van der Waals surface area contributed by atoms with Crippen LogP contribution in [0.5, 0.6) is 0 Å². The molecule has 0 heterocycles. The largest absolute Gasteiger partial charge is 0.416 e. The van der Waals surface area contributed by atoms with E-state index in [1.165, 1.54) is 18.2 Å². The molecule has 21 heavy (non-hydrogen) atoms. The van der Waals surface area contributed by atoms with Gasteiger partial charge in [0, 0.05) is 11.6 Å². The number of rotatable bonds is 3. The summed E-state index contributed by atoms with van der Waals surface area (Å²) in [5, 5.41) is 0. The van der Waals surface area contributed by atoms with Gasteiger partial charge in [-0.2, -0.15) is 13.2 Å². The lowest BCUT2D eigenvalue weighted by atomic mass is 9.98. The Morgan fingerprint density at radius 3 is 2.43 bits per heavy atom. The second-order valence-electron chi connectivity index (χ2n) is 4.65. The second kappa shape index (κ2) is 6.15. The van der Waals surface area contributed by atoms with Gasteiger partial charge in [0.05, 0.1) is 10.0 Å². The molecule has 0 amide bonds. The zero-order valence-corrected chi connectivity index (χ0v) is 12.4. The van der Waals surface area contributed by atoms with Crippen LogP contribution in [0.2, 0.25) is 0 Å². The third kappa shape index (κ3) is 3.83. The van der Waals surface area contributed by atoms with E-state index in [0.717, 1.165) is 12.1 Å². The summed E-state index contributed by atoms with van der Waals surface area (Å²) in [7, 11) is 0. The minimum absolute atomic E-state index is 0.122. The molecule has 0 aromatic heterocycles. The Morgan fingerprint density at radius 2 is 1.76 bits per heavy atom. The van der Waals surface area contributed by atoms with Crippen LogP contribution in [0.4, 0.5) is 17.6 Å². The highest BCUT2D eigenvalue weighted by Gasteiger charge is 2.30. The van der Waals surface area contributed by atoms with E-state index in [-0.39, 0.29) is 16.5 Å². The maximum absolute atomic E-state index is 13.9. The molecule has 1 unspecified atom stereocenters. The first-order chi connectivity index (χ1) is 9.79. The van der Waals surface area contributed by atoms with Crippen molar-refractivity contribution in [1.82, 2.24) is 0 Å². The Morgan fingerprint density at radius 1 is 1.10 bits per heavy atom. The standard InChI is InChI=1S/C15H12BrF4N/c16-12-6-2-5-11(14(12)17)13(21)8-9-3-1-4-10(7-9)15(18,19)20/h1-7,13H,8,21H2. The topological polar surface area (TPSA) is 26.0 Å². The van der Waals surface area contributed by atoms with Crippen molar-refractivity contribution < 1.29 is 17.6 Å². The van der Waals surface area contributed by atoms with Crippen molar-refractivity contribution in [1.29, 1.82) is 0 Å². The Hall–Kier alpha value is -1.40. The van der Waals surface area contributed by atoms with E-state index in [9.17, 15) is 17.6 Å². The minimum atomic E-state index is -4.40. The van der Waals surface area contributed by atoms with Gasteiger partial charge in [0.25, 0.3) is 0 Å². The number of halogens is 5. The predicted octanol–water partition coefficient (Wildman–Crippen LogP) is 4.85. The molecular weight excluding hydrogens is 350 g/mol. The molecule has 0 aliphatic heterocycles. The van der Waals surface area contributed by atoms with Crippen LogP contribution in [0, 0.1) is 5.82 Å². The Balaban J connectivity index is 2.24. The lowest BCUT2D eigenvalue weighted by Crippen LogP contribution is -2.16. The lowest BCUT2D eigenvalue weighted by molar-refractivity contribution is -0.137. The summed E-state index contributed by atoms with van der Waals surface area (Å²) in [4.78, 5) is 0. The van der Waals surface area contributed by atoms with Gasteiger partial charge >= 0.3 is 6.18 Å². The maximum atomic E-state index is 13.9. The second-order valence-corrected chi connectivity index (χ2v) is 5.51. The predicted molar refractivity (Wildman–Crippen MR) is 76.2 cm³/mol. The van der Waals surface area contributed by atoms with Gasteiger partial charge in [-0.15, -0.1) is 0 Å². The van der Waals surface area contributed by atoms with E-state index < -0.39 is 23.6 Å². The summed E-state index contributed by atoms with van der Waals surface area (Å²) < 4.78 is 52.1. The molecule has 1 atom stereocenters. The zero-order valence-electron chi connectivity index (χ0n) is 10.8. The molecule has 6 heteroatoms. The van der Waals surface area contributed by atoms with E-state index in [0.29, 0.717) is 5.56 Å². The summed E-state index contributed by atoms with van der Waals surface area (Å²) in [6, 6.07) is 8.88. The third-order valence-electron chi connectivity index (χ3n) is 3.09. The fourth-order valence-corrected chi connectivity index (χ4v) is 2.43. The fourth-order valence-electron chi connectivity index (χ4n) is 2.05. The highest BCUT2D eigenvalue weighted by molar-refractivity contribution is 9.10. The van der Waals surface area contributed by atoms with Crippen LogP contribution in [0.3, 0.4) is 0 Å². The average Bonchev–Trinajstić information content (AvgIpc) is 2.41. The summed E-state index contributed by atoms with van der Waals surface area (Å²) >= 11 is 3.06. The van der Waals surface area contributed by atoms with Gasteiger partial charge in [0.1, 0.15) is 5.82 Å². The summed E-state index contributed by atoms with van der Waals surface area (Å²) in [6.07, 6.45) is -4.28. The fraction of sp³-hybridized carbons (Fsp3) is 0.200. The van der Waals surface area contributed by atoms with Crippen molar-refractivity contribution in [3.05, 3.63) is 69.4 Å². The number of nitrogens with two attached hydrogens (primary N) is 1. The highest BCUT2D eigenvalue weighted by Crippen LogP contribution is 2.31. The number of hydrogen-bond donors (Lipinski definition) is 1. The van der Waals surface area contributed by atoms with Crippen molar-refractivity contribution >= 4 is 15.9 Å². The van der Waals surface area contributed by atoms with Gasteiger partial charge in [0.2, 0.25) is 0 Å². The van der Waals surface area contributed by atoms with E-state index in [2.05, 4.69) is 15.9 Å². The van der Waals surface area contributed by atoms with Crippen LogP contribution in [0.25, 0.3) is 0 Å². The van der Waals surface area contributed by atoms with Crippen LogP contribution < -0.4 is 5.73 Å². The lowest BCUT2D eigenvalue weighted by Gasteiger charge is -2.15. The van der Waals surface area contributed by atoms with Gasteiger partial charge in [-0.05, 0) is 40.0 Å². The van der Waals surface area contributed by atoms with Crippen molar-refractivity contribution in [3.8, 4) is 0 Å². The molecule has 112 valence electrons. The number of alkyl halides is 3. The van der Waals surface area contributed by atoms with Crippen LogP contribution in [-0.4, -0.2) is 0 Å². The Labute approximate surface area is 127 Å². The molecule has 2 N–H and O–H groups in total. The van der Waals surface area contributed by atoms with Gasteiger partial charge in [0.15, 0.2) is 0 Å². The number of hydrogen-bond acceptors (Lipinski definition) is 1. The van der Waals surface area contributed by atoms with Gasteiger partial charge in [-0.3, -0.25) is 0 Å². The van der Waals surface area contributed by atoms with Crippen LogP contribution in [0.1, 0.15) is 22.7 Å². The molecule has 0 saturated carbocycles. The first-order valence-electron chi connectivity index (χ1n) is 6.14. The van der Waals surface area contributed by atoms with Crippen molar-refractivity contribution in [3.63, 3.8) is 0 Å². The summed E-state index contributed by atoms with van der Waals surface area (Å²) in [5.41, 5.74) is 5.86. The first-order valence-corrected chi connectivity index (χ1v) is 6.94. The Kier molecular flexibility index (Phi) is 4.68. The number of benzene rings is 2. The minimum Gasteiger partial charge on any atom is -0.324 e. The molecule has 0 spiro atoms. The molecule has 0 aliphatic carbocycles. The molecule has 2 aromatic carbocycles. The third-order valence-corrected chi connectivity index (χ3v) is 3.70. The summed E-state index contributed by atoms with van der Waals surface area (Å²) in [6.45, 7) is 0. The highest BCUT2D eigenvalue weighted by atomic mass is 79.9. The maximum Gasteiger partial charge on any atom is 0.416 e. The average molecular weight is 362 g/mol. The molecule has 0 radical (unpaired) electrons. The van der Waals surface area contributed by atoms with Crippen LogP contribution in [0.15, 0.2) is 46.9 Å². The molecule has 2 aromatic rings. The normalized spacial score (nSPS) is 13.2. The van der Waals surface area contributed by atoms with E-state index in [4.69, 9.17) is 5.73 Å². The van der Waals surface area contributed by atoms with Crippen molar-refractivity contribution in [2.24, 2.45) is 5.73 Å². The smallest absolute Gasteiger partial charge is 0.324 e. The SMILES string of the molecule is NC(Cc1cccc(C(F)(F)F)c1)c1cccc(Br)c1F. The molecular formula is C15H12BrF4N. The molecule has 0 saturated heterocycles. The molecule has 0 aliphatic rings. The van der Waals surface area contributed by atoms with Gasteiger partial charge in [-0.25, -0.2) is 4.39 Å². The van der Waals surface area contributed by atoms with Gasteiger partial charge in [-0.1, -0.05) is 30.3 Å². The first kappa shape index (κ1) is 16.0. The Bertz CT molecular complexity index is 640. The van der Waals surface area contributed by atoms with E-state index >= 15 is 0 Å². The van der Waals surface area contributed by atoms with Crippen LogP contribution in [-0.2, 0) is 12.6 Å². The molecule has 0 fully saturated rings. The molecule has 0 bridgehead atoms. The summed E-state index contributed by atoms with van der Waals surface area (Å²) in [5.74, 6) is -0.489. The van der Waals surface area contributed by atoms with E-state index in [1.54, 1.807) is 12.1 Å². The quantitative estimate of drug-likeness (QED) is 0.777. The molecule has 1 nitrogen and oxygen atoms in total. The zero-order chi connectivity index (χ0) is 15.6. The molecule has 2 rings (SSSR count).